The predicted molar refractivity (Wildman–Crippen MR) is 73.9 cm³/mol. The molecule has 0 saturated heterocycles. The second kappa shape index (κ2) is 7.61. The zero-order valence-corrected chi connectivity index (χ0v) is 12.0. The van der Waals surface area contributed by atoms with Crippen LogP contribution in [0, 0.1) is 11.3 Å². The Balaban J connectivity index is 3.69. The van der Waals surface area contributed by atoms with E-state index in [0.717, 1.165) is 13.0 Å². The zero-order valence-electron chi connectivity index (χ0n) is 11.2. The first-order chi connectivity index (χ1) is 7.78. The molecule has 5 heteroatoms. The number of ether oxygens (including phenoxy) is 1. The van der Waals surface area contributed by atoms with Crippen molar-refractivity contribution in [2.45, 2.75) is 34.1 Å². The van der Waals surface area contributed by atoms with E-state index in [-0.39, 0.29) is 10.9 Å². The van der Waals surface area contributed by atoms with E-state index in [4.69, 9.17) is 22.7 Å². The van der Waals surface area contributed by atoms with Crippen molar-refractivity contribution in [3.8, 4) is 0 Å². The van der Waals surface area contributed by atoms with Crippen molar-refractivity contribution in [2.24, 2.45) is 17.1 Å². The van der Waals surface area contributed by atoms with E-state index in [9.17, 15) is 4.79 Å². The molecule has 0 aliphatic carbocycles. The maximum atomic E-state index is 11.7. The van der Waals surface area contributed by atoms with Crippen molar-refractivity contribution >= 4 is 23.1 Å². The summed E-state index contributed by atoms with van der Waals surface area (Å²) in [5.41, 5.74) is 4.70. The van der Waals surface area contributed by atoms with Gasteiger partial charge in [0.2, 0.25) is 5.91 Å². The fourth-order valence-electron chi connectivity index (χ4n) is 0.991. The molecule has 0 radical (unpaired) electrons. The van der Waals surface area contributed by atoms with Gasteiger partial charge in [0.1, 0.15) is 0 Å². The molecular weight excluding hydrogens is 236 g/mol. The van der Waals surface area contributed by atoms with Crippen molar-refractivity contribution in [3.63, 3.8) is 0 Å². The first-order valence-corrected chi connectivity index (χ1v) is 6.35. The minimum atomic E-state index is -0.798. The van der Waals surface area contributed by atoms with Crippen molar-refractivity contribution in [1.82, 2.24) is 5.32 Å². The Morgan fingerprint density at radius 2 is 2.00 bits per heavy atom. The van der Waals surface area contributed by atoms with E-state index in [1.165, 1.54) is 0 Å². The van der Waals surface area contributed by atoms with Crippen LogP contribution in [0.4, 0.5) is 0 Å². The number of hydrogen-bond acceptors (Lipinski definition) is 3. The number of nitrogens with two attached hydrogens (primary N) is 1. The van der Waals surface area contributed by atoms with Gasteiger partial charge >= 0.3 is 0 Å². The van der Waals surface area contributed by atoms with Crippen LogP contribution in [0.25, 0.3) is 0 Å². The molecule has 3 N–H and O–H groups in total. The highest BCUT2D eigenvalue weighted by Gasteiger charge is 2.30. The van der Waals surface area contributed by atoms with E-state index in [0.29, 0.717) is 19.1 Å². The summed E-state index contributed by atoms with van der Waals surface area (Å²) in [6.45, 7) is 9.46. The van der Waals surface area contributed by atoms with Crippen LogP contribution in [0.1, 0.15) is 34.1 Å². The number of carbonyl (C=O) groups is 1. The summed E-state index contributed by atoms with van der Waals surface area (Å²) in [4.78, 5) is 11.9. The molecule has 0 aromatic rings. The van der Waals surface area contributed by atoms with E-state index in [1.54, 1.807) is 13.8 Å². The standard InChI is InChI=1S/C12H24N2O2S/c1-9(2)5-7-16-8-6-14-11(15)12(3,4)10(13)17/h9H,5-8H2,1-4H3,(H2,13,17)(H,14,15). The van der Waals surface area contributed by atoms with Gasteiger partial charge in [-0.3, -0.25) is 4.79 Å². The van der Waals surface area contributed by atoms with Gasteiger partial charge in [-0.05, 0) is 26.2 Å². The SMILES string of the molecule is CC(C)CCOCCNC(=O)C(C)(C)C(N)=S. The number of amides is 1. The van der Waals surface area contributed by atoms with Crippen LogP contribution in [-0.4, -0.2) is 30.7 Å². The molecule has 0 aromatic heterocycles. The fraction of sp³-hybridized carbons (Fsp3) is 0.833. The van der Waals surface area contributed by atoms with E-state index >= 15 is 0 Å². The van der Waals surface area contributed by atoms with Crippen LogP contribution in [0.2, 0.25) is 0 Å². The first-order valence-electron chi connectivity index (χ1n) is 5.94. The second-order valence-electron chi connectivity index (χ2n) is 5.04. The Morgan fingerprint density at radius 1 is 1.41 bits per heavy atom. The third kappa shape index (κ3) is 6.58. The summed E-state index contributed by atoms with van der Waals surface area (Å²) in [7, 11) is 0. The monoisotopic (exact) mass is 260 g/mol. The number of nitrogens with one attached hydrogen (secondary N) is 1. The summed E-state index contributed by atoms with van der Waals surface area (Å²) in [6.07, 6.45) is 1.03. The molecule has 0 bridgehead atoms. The van der Waals surface area contributed by atoms with Crippen LogP contribution >= 0.6 is 12.2 Å². The summed E-state index contributed by atoms with van der Waals surface area (Å²) >= 11 is 4.84. The molecule has 0 unspecified atom stereocenters. The average Bonchev–Trinajstić information content (AvgIpc) is 2.21. The number of hydrogen-bond donors (Lipinski definition) is 2. The molecule has 0 heterocycles. The average molecular weight is 260 g/mol. The van der Waals surface area contributed by atoms with Gasteiger partial charge < -0.3 is 15.8 Å². The second-order valence-corrected chi connectivity index (χ2v) is 5.48. The third-order valence-electron chi connectivity index (χ3n) is 2.56. The van der Waals surface area contributed by atoms with Gasteiger partial charge in [-0.1, -0.05) is 26.1 Å². The van der Waals surface area contributed by atoms with Crippen molar-refractivity contribution in [1.29, 1.82) is 0 Å². The van der Waals surface area contributed by atoms with Crippen LogP contribution in [0.5, 0.6) is 0 Å². The predicted octanol–water partition coefficient (Wildman–Crippen LogP) is 1.48. The smallest absolute Gasteiger partial charge is 0.232 e. The van der Waals surface area contributed by atoms with Crippen LogP contribution < -0.4 is 11.1 Å². The molecule has 0 atom stereocenters. The van der Waals surface area contributed by atoms with Gasteiger partial charge in [0.25, 0.3) is 0 Å². The molecule has 0 fully saturated rings. The topological polar surface area (TPSA) is 64.3 Å². The molecule has 100 valence electrons. The summed E-state index contributed by atoms with van der Waals surface area (Å²) in [6, 6.07) is 0. The Hall–Kier alpha value is -0.680. The summed E-state index contributed by atoms with van der Waals surface area (Å²) in [5, 5.41) is 2.76. The Bertz CT molecular complexity index is 265. The minimum absolute atomic E-state index is 0.155. The molecule has 1 amide bonds. The van der Waals surface area contributed by atoms with Gasteiger partial charge in [0.15, 0.2) is 0 Å². The summed E-state index contributed by atoms with van der Waals surface area (Å²) in [5.74, 6) is 0.482. The minimum Gasteiger partial charge on any atom is -0.392 e. The van der Waals surface area contributed by atoms with Crippen molar-refractivity contribution < 1.29 is 9.53 Å². The largest absolute Gasteiger partial charge is 0.392 e. The maximum absolute atomic E-state index is 11.7. The van der Waals surface area contributed by atoms with Crippen molar-refractivity contribution in [2.75, 3.05) is 19.8 Å². The molecule has 0 aliphatic heterocycles. The maximum Gasteiger partial charge on any atom is 0.232 e. The van der Waals surface area contributed by atoms with Gasteiger partial charge in [0, 0.05) is 13.2 Å². The molecule has 0 spiro atoms. The van der Waals surface area contributed by atoms with Gasteiger partial charge in [-0.2, -0.15) is 0 Å². The molecule has 0 aliphatic rings. The van der Waals surface area contributed by atoms with Crippen molar-refractivity contribution in [3.05, 3.63) is 0 Å². The van der Waals surface area contributed by atoms with Gasteiger partial charge in [0.05, 0.1) is 17.0 Å². The number of thiocarbonyl (C=S) groups is 1. The lowest BCUT2D eigenvalue weighted by molar-refractivity contribution is -0.126. The molecule has 0 rings (SSSR count). The third-order valence-corrected chi connectivity index (χ3v) is 3.07. The molecule has 17 heavy (non-hydrogen) atoms. The quantitative estimate of drug-likeness (QED) is 0.512. The molecule has 0 aromatic carbocycles. The fourth-order valence-corrected chi connectivity index (χ4v) is 1.08. The molecule has 0 saturated carbocycles. The molecular formula is C12H24N2O2S. The van der Waals surface area contributed by atoms with E-state index in [2.05, 4.69) is 19.2 Å². The Kier molecular flexibility index (Phi) is 7.30. The normalized spacial score (nSPS) is 11.6. The lowest BCUT2D eigenvalue weighted by Crippen LogP contribution is -2.45. The zero-order chi connectivity index (χ0) is 13.5. The highest BCUT2D eigenvalue weighted by Crippen LogP contribution is 2.14. The highest BCUT2D eigenvalue weighted by atomic mass is 32.1. The molecule has 4 nitrogen and oxygen atoms in total. The lowest BCUT2D eigenvalue weighted by Gasteiger charge is -2.21. The van der Waals surface area contributed by atoms with E-state index < -0.39 is 5.41 Å². The number of carbonyl (C=O) groups excluding carboxylic acids is 1. The number of rotatable bonds is 8. The van der Waals surface area contributed by atoms with Crippen LogP contribution in [0.3, 0.4) is 0 Å². The highest BCUT2D eigenvalue weighted by molar-refractivity contribution is 7.80. The van der Waals surface area contributed by atoms with E-state index in [1.807, 2.05) is 0 Å². The van der Waals surface area contributed by atoms with Gasteiger partial charge in [-0.15, -0.1) is 0 Å². The summed E-state index contributed by atoms with van der Waals surface area (Å²) < 4.78 is 5.39. The van der Waals surface area contributed by atoms with Gasteiger partial charge in [-0.25, -0.2) is 0 Å². The Labute approximate surface area is 109 Å². The Morgan fingerprint density at radius 3 is 2.47 bits per heavy atom. The lowest BCUT2D eigenvalue weighted by atomic mass is 9.92. The first kappa shape index (κ1) is 16.3. The van der Waals surface area contributed by atoms with Crippen LogP contribution in [0.15, 0.2) is 0 Å². The van der Waals surface area contributed by atoms with Crippen LogP contribution in [-0.2, 0) is 9.53 Å².